The molecule has 0 fully saturated rings. The van der Waals surface area contributed by atoms with Crippen molar-refractivity contribution in [1.82, 2.24) is 9.55 Å². The summed E-state index contributed by atoms with van der Waals surface area (Å²) in [5.41, 5.74) is 2.17. The molecule has 0 aliphatic carbocycles. The van der Waals surface area contributed by atoms with E-state index in [2.05, 4.69) is 10.3 Å². The second-order valence-corrected chi connectivity index (χ2v) is 6.34. The highest BCUT2D eigenvalue weighted by atomic mass is 16.4. The van der Waals surface area contributed by atoms with Gasteiger partial charge in [0.1, 0.15) is 0 Å². The van der Waals surface area contributed by atoms with Gasteiger partial charge in [-0.1, -0.05) is 48.5 Å². The van der Waals surface area contributed by atoms with Crippen molar-refractivity contribution in [1.29, 1.82) is 0 Å². The molecule has 28 heavy (non-hydrogen) atoms. The van der Waals surface area contributed by atoms with Gasteiger partial charge in [0.15, 0.2) is 0 Å². The first kappa shape index (κ1) is 17.5. The van der Waals surface area contributed by atoms with E-state index in [1.807, 2.05) is 53.1 Å². The van der Waals surface area contributed by atoms with Gasteiger partial charge in [0.25, 0.3) is 5.56 Å². The molecule has 0 atom stereocenters. The predicted octanol–water partition coefficient (Wildman–Crippen LogP) is 3.89. The van der Waals surface area contributed by atoms with E-state index in [1.165, 1.54) is 12.1 Å². The van der Waals surface area contributed by atoms with E-state index in [9.17, 15) is 14.7 Å². The van der Waals surface area contributed by atoms with Crippen LogP contribution in [0.4, 0.5) is 11.6 Å². The Morgan fingerprint density at radius 1 is 0.964 bits per heavy atom. The Balaban J connectivity index is 1.85. The topological polar surface area (TPSA) is 84.2 Å². The molecule has 0 saturated heterocycles. The van der Waals surface area contributed by atoms with E-state index in [4.69, 9.17) is 0 Å². The zero-order chi connectivity index (χ0) is 19.5. The number of para-hydroxylation sites is 1. The summed E-state index contributed by atoms with van der Waals surface area (Å²) in [5, 5.41) is 12.9. The number of aromatic carboxylic acids is 1. The van der Waals surface area contributed by atoms with Gasteiger partial charge >= 0.3 is 5.97 Å². The number of rotatable bonds is 5. The Morgan fingerprint density at radius 3 is 2.50 bits per heavy atom. The van der Waals surface area contributed by atoms with Crippen molar-refractivity contribution in [3.8, 4) is 0 Å². The number of benzene rings is 3. The number of anilines is 2. The molecule has 0 aliphatic heterocycles. The van der Waals surface area contributed by atoms with Crippen molar-refractivity contribution in [2.24, 2.45) is 0 Å². The Morgan fingerprint density at radius 2 is 1.71 bits per heavy atom. The number of nitrogens with zero attached hydrogens (tertiary/aromatic N) is 2. The molecule has 0 radical (unpaired) electrons. The van der Waals surface area contributed by atoms with Crippen LogP contribution in [0.5, 0.6) is 0 Å². The van der Waals surface area contributed by atoms with Crippen LogP contribution in [-0.2, 0) is 6.54 Å². The van der Waals surface area contributed by atoms with Crippen LogP contribution >= 0.6 is 0 Å². The van der Waals surface area contributed by atoms with Crippen molar-refractivity contribution < 1.29 is 9.90 Å². The summed E-state index contributed by atoms with van der Waals surface area (Å²) >= 11 is 0. The Labute approximate surface area is 160 Å². The molecule has 0 unspecified atom stereocenters. The van der Waals surface area contributed by atoms with Crippen molar-refractivity contribution >= 4 is 28.5 Å². The zero-order valence-corrected chi connectivity index (χ0v) is 14.9. The standard InChI is InChI=1S/C22H17N3O3/c26-20-18-11-4-5-12-19(18)25(14-15-7-2-1-3-8-15)22(24-20)23-17-10-6-9-16(13-17)21(27)28/h1-13H,14H2,(H,27,28)(H,23,24,26). The van der Waals surface area contributed by atoms with E-state index in [0.29, 0.717) is 23.6 Å². The fraction of sp³-hybridized carbons (Fsp3) is 0.0455. The van der Waals surface area contributed by atoms with Gasteiger partial charge in [-0.3, -0.25) is 4.79 Å². The van der Waals surface area contributed by atoms with Gasteiger partial charge in [0.05, 0.1) is 23.0 Å². The Hall–Kier alpha value is -3.93. The van der Waals surface area contributed by atoms with Crippen LogP contribution in [0.1, 0.15) is 15.9 Å². The molecule has 138 valence electrons. The maximum absolute atomic E-state index is 12.5. The molecule has 6 heteroatoms. The van der Waals surface area contributed by atoms with E-state index in [0.717, 1.165) is 11.1 Å². The average molecular weight is 371 g/mol. The van der Waals surface area contributed by atoms with Gasteiger partial charge in [-0.25, -0.2) is 4.79 Å². The van der Waals surface area contributed by atoms with Gasteiger partial charge in [-0.05, 0) is 35.9 Å². The van der Waals surface area contributed by atoms with Crippen LogP contribution in [0.25, 0.3) is 10.9 Å². The monoisotopic (exact) mass is 371 g/mol. The number of fused-ring (bicyclic) bond motifs is 1. The third kappa shape index (κ3) is 3.48. The SMILES string of the molecule is O=C(O)c1cccc(Nc2nc(=O)c3ccccc3n2Cc2ccccc2)c1. The molecule has 4 aromatic rings. The van der Waals surface area contributed by atoms with Crippen LogP contribution in [0.15, 0.2) is 83.7 Å². The van der Waals surface area contributed by atoms with Crippen LogP contribution in [0.2, 0.25) is 0 Å². The maximum Gasteiger partial charge on any atom is 0.335 e. The van der Waals surface area contributed by atoms with Gasteiger partial charge in [-0.2, -0.15) is 4.98 Å². The zero-order valence-electron chi connectivity index (χ0n) is 14.9. The number of aromatic nitrogens is 2. The molecule has 6 nitrogen and oxygen atoms in total. The molecular formula is C22H17N3O3. The minimum atomic E-state index is -1.02. The normalized spacial score (nSPS) is 10.7. The largest absolute Gasteiger partial charge is 0.478 e. The molecule has 1 aromatic heterocycles. The van der Waals surface area contributed by atoms with Gasteiger partial charge in [-0.15, -0.1) is 0 Å². The molecule has 2 N–H and O–H groups in total. The van der Waals surface area contributed by atoms with Crippen LogP contribution < -0.4 is 10.9 Å². The minimum absolute atomic E-state index is 0.155. The fourth-order valence-electron chi connectivity index (χ4n) is 3.10. The van der Waals surface area contributed by atoms with E-state index in [1.54, 1.807) is 18.2 Å². The van der Waals surface area contributed by atoms with Crippen LogP contribution in [0.3, 0.4) is 0 Å². The highest BCUT2D eigenvalue weighted by molar-refractivity contribution is 5.89. The molecule has 0 spiro atoms. The third-order valence-electron chi connectivity index (χ3n) is 4.44. The van der Waals surface area contributed by atoms with Crippen molar-refractivity contribution in [2.45, 2.75) is 6.54 Å². The molecule has 0 bridgehead atoms. The molecule has 0 saturated carbocycles. The number of carboxylic acids is 1. The highest BCUT2D eigenvalue weighted by Crippen LogP contribution is 2.21. The van der Waals surface area contributed by atoms with E-state index in [-0.39, 0.29) is 11.1 Å². The van der Waals surface area contributed by atoms with Crippen LogP contribution in [-0.4, -0.2) is 20.6 Å². The highest BCUT2D eigenvalue weighted by Gasteiger charge is 2.12. The van der Waals surface area contributed by atoms with Crippen LogP contribution in [0, 0.1) is 0 Å². The number of carboxylic acid groups (broad SMARTS) is 1. The summed E-state index contributed by atoms with van der Waals surface area (Å²) < 4.78 is 1.92. The number of hydrogen-bond acceptors (Lipinski definition) is 4. The lowest BCUT2D eigenvalue weighted by Crippen LogP contribution is -2.18. The Kier molecular flexibility index (Phi) is 4.60. The minimum Gasteiger partial charge on any atom is -0.478 e. The molecular weight excluding hydrogens is 354 g/mol. The molecule has 3 aromatic carbocycles. The number of hydrogen-bond donors (Lipinski definition) is 2. The first-order valence-corrected chi connectivity index (χ1v) is 8.76. The second kappa shape index (κ2) is 7.36. The summed E-state index contributed by atoms with van der Waals surface area (Å²) in [7, 11) is 0. The van der Waals surface area contributed by atoms with Crippen molar-refractivity contribution in [2.75, 3.05) is 5.32 Å². The van der Waals surface area contributed by atoms with Crippen molar-refractivity contribution in [3.63, 3.8) is 0 Å². The smallest absolute Gasteiger partial charge is 0.335 e. The molecule has 4 rings (SSSR count). The lowest BCUT2D eigenvalue weighted by Gasteiger charge is -2.17. The summed E-state index contributed by atoms with van der Waals surface area (Å²) in [4.78, 5) is 28.0. The number of nitrogens with one attached hydrogen (secondary N) is 1. The second-order valence-electron chi connectivity index (χ2n) is 6.34. The molecule has 1 heterocycles. The first-order valence-electron chi connectivity index (χ1n) is 8.76. The predicted molar refractivity (Wildman–Crippen MR) is 108 cm³/mol. The summed E-state index contributed by atoms with van der Waals surface area (Å²) in [6, 6.07) is 23.6. The molecule has 0 amide bonds. The third-order valence-corrected chi connectivity index (χ3v) is 4.44. The fourth-order valence-corrected chi connectivity index (χ4v) is 3.10. The van der Waals surface area contributed by atoms with E-state index < -0.39 is 5.97 Å². The lowest BCUT2D eigenvalue weighted by atomic mass is 10.2. The summed E-state index contributed by atoms with van der Waals surface area (Å²) in [5.74, 6) is -0.660. The Bertz CT molecular complexity index is 1220. The average Bonchev–Trinajstić information content (AvgIpc) is 2.72. The lowest BCUT2D eigenvalue weighted by molar-refractivity contribution is 0.0697. The summed E-state index contributed by atoms with van der Waals surface area (Å²) in [6.07, 6.45) is 0. The summed E-state index contributed by atoms with van der Waals surface area (Å²) in [6.45, 7) is 0.510. The molecule has 0 aliphatic rings. The van der Waals surface area contributed by atoms with Gasteiger partial charge in [0, 0.05) is 5.69 Å². The van der Waals surface area contributed by atoms with Crippen molar-refractivity contribution in [3.05, 3.63) is 100 Å². The quantitative estimate of drug-likeness (QED) is 0.556. The van der Waals surface area contributed by atoms with Gasteiger partial charge in [0.2, 0.25) is 5.95 Å². The van der Waals surface area contributed by atoms with Gasteiger partial charge < -0.3 is 15.0 Å². The number of carbonyl (C=O) groups is 1. The van der Waals surface area contributed by atoms with E-state index >= 15 is 0 Å². The first-order chi connectivity index (χ1) is 13.6. The maximum atomic E-state index is 12.5.